The highest BCUT2D eigenvalue weighted by Crippen LogP contribution is 2.42. The quantitative estimate of drug-likeness (QED) is 0.399. The summed E-state index contributed by atoms with van der Waals surface area (Å²) in [5.74, 6) is 0.632. The summed E-state index contributed by atoms with van der Waals surface area (Å²) >= 11 is 0. The Labute approximate surface area is 201 Å². The van der Waals surface area contributed by atoms with Gasteiger partial charge in [0.15, 0.2) is 28.1 Å². The monoisotopic (exact) mass is 489 g/mol. The molecule has 0 amide bonds. The van der Waals surface area contributed by atoms with Crippen LogP contribution in [0.1, 0.15) is 54.0 Å². The Hall–Kier alpha value is -1.56. The van der Waals surface area contributed by atoms with Crippen LogP contribution >= 0.6 is 0 Å². The number of anilines is 1. The Kier molecular flexibility index (Phi) is 7.03. The van der Waals surface area contributed by atoms with Crippen LogP contribution in [0.2, 0.25) is 36.3 Å². The average Bonchev–Trinajstić information content (AvgIpc) is 3.10. The van der Waals surface area contributed by atoms with Gasteiger partial charge in [-0.15, -0.1) is 0 Å². The molecule has 0 aromatic carbocycles. The lowest BCUT2D eigenvalue weighted by atomic mass is 9.90. The molecule has 7 nitrogen and oxygen atoms in total. The van der Waals surface area contributed by atoms with Gasteiger partial charge in [0.05, 0.1) is 18.5 Å². The van der Waals surface area contributed by atoms with Gasteiger partial charge in [-0.25, -0.2) is 15.0 Å². The molecule has 0 aliphatic heterocycles. The van der Waals surface area contributed by atoms with E-state index < -0.39 is 16.6 Å². The molecule has 0 fully saturated rings. The minimum Gasteiger partial charge on any atom is -0.416 e. The van der Waals surface area contributed by atoms with Gasteiger partial charge in [-0.1, -0.05) is 53.7 Å². The van der Waals surface area contributed by atoms with Crippen LogP contribution in [0.25, 0.3) is 11.2 Å². The van der Waals surface area contributed by atoms with Crippen molar-refractivity contribution in [2.45, 2.75) is 96.4 Å². The van der Waals surface area contributed by atoms with Crippen LogP contribution in [-0.4, -0.2) is 48.9 Å². The molecule has 2 aromatic heterocycles. The van der Waals surface area contributed by atoms with Gasteiger partial charge in [-0.05, 0) is 42.7 Å². The second kappa shape index (κ2) is 8.90. The Bertz CT molecular complexity index is 1000. The van der Waals surface area contributed by atoms with Gasteiger partial charge in [-0.3, -0.25) is 0 Å². The van der Waals surface area contributed by atoms with E-state index in [1.807, 2.05) is 6.33 Å². The largest absolute Gasteiger partial charge is 0.416 e. The Morgan fingerprint density at radius 3 is 2.21 bits per heavy atom. The first kappa shape index (κ1) is 26.1. The van der Waals surface area contributed by atoms with E-state index in [0.29, 0.717) is 17.9 Å². The van der Waals surface area contributed by atoms with Crippen LogP contribution in [0.3, 0.4) is 0 Å². The van der Waals surface area contributed by atoms with Crippen LogP contribution in [0.15, 0.2) is 24.8 Å². The Morgan fingerprint density at radius 2 is 1.61 bits per heavy atom. The number of aromatic nitrogens is 4. The minimum atomic E-state index is -1.97. The fraction of sp³-hybridized carbons (Fsp3) is 0.708. The molecular formula is C24H43N5O2Si2. The minimum absolute atomic E-state index is 0.0716. The first-order valence-corrected chi connectivity index (χ1v) is 17.8. The number of imidazole rings is 1. The highest BCUT2D eigenvalue weighted by molar-refractivity contribution is 6.74. The van der Waals surface area contributed by atoms with Crippen molar-refractivity contribution in [1.29, 1.82) is 0 Å². The number of nitrogens with zero attached hydrogens (tertiary/aromatic N) is 4. The number of nitrogen functional groups attached to an aromatic ring is 1. The molecule has 0 bridgehead atoms. The van der Waals surface area contributed by atoms with E-state index in [0.717, 1.165) is 12.1 Å². The molecule has 3 rings (SSSR count). The van der Waals surface area contributed by atoms with Gasteiger partial charge in [0.1, 0.15) is 11.8 Å². The molecule has 9 heteroatoms. The fourth-order valence-corrected chi connectivity index (χ4v) is 6.00. The number of hydrogen-bond acceptors (Lipinski definition) is 6. The van der Waals surface area contributed by atoms with Crippen LogP contribution < -0.4 is 5.73 Å². The molecule has 3 atom stereocenters. The third-order valence-corrected chi connectivity index (χ3v) is 17.0. The zero-order chi connectivity index (χ0) is 24.8. The third-order valence-electron chi connectivity index (χ3n) is 7.97. The van der Waals surface area contributed by atoms with Gasteiger partial charge >= 0.3 is 0 Å². The summed E-state index contributed by atoms with van der Waals surface area (Å²) in [5, 5.41) is 0.316. The molecule has 0 radical (unpaired) electrons. The van der Waals surface area contributed by atoms with E-state index in [1.165, 1.54) is 6.33 Å². The summed E-state index contributed by atoms with van der Waals surface area (Å²) in [6.07, 6.45) is 8.79. The molecule has 0 unspecified atom stereocenters. The van der Waals surface area contributed by atoms with E-state index in [4.69, 9.17) is 14.6 Å². The molecule has 0 saturated carbocycles. The maximum atomic E-state index is 7.00. The number of rotatable bonds is 6. The van der Waals surface area contributed by atoms with Gasteiger partial charge in [0, 0.05) is 12.5 Å². The fourth-order valence-electron chi connectivity index (χ4n) is 3.58. The van der Waals surface area contributed by atoms with Gasteiger partial charge in [0.25, 0.3) is 0 Å². The van der Waals surface area contributed by atoms with Crippen molar-refractivity contribution in [3.05, 3.63) is 24.8 Å². The highest BCUT2D eigenvalue weighted by Gasteiger charge is 2.43. The summed E-state index contributed by atoms with van der Waals surface area (Å²) in [7, 11) is -3.82. The molecule has 2 N–H and O–H groups in total. The summed E-state index contributed by atoms with van der Waals surface area (Å²) in [5.41, 5.74) is 7.43. The molecule has 184 valence electrons. The lowest BCUT2D eigenvalue weighted by molar-refractivity contribution is 0.0807. The van der Waals surface area contributed by atoms with Crippen molar-refractivity contribution in [2.24, 2.45) is 5.92 Å². The van der Waals surface area contributed by atoms with E-state index >= 15 is 0 Å². The zero-order valence-electron chi connectivity index (χ0n) is 22.1. The topological polar surface area (TPSA) is 88.1 Å². The summed E-state index contributed by atoms with van der Waals surface area (Å²) in [6, 6.07) is 0.100. The smallest absolute Gasteiger partial charge is 0.192 e. The van der Waals surface area contributed by atoms with Crippen LogP contribution in [-0.2, 0) is 8.85 Å². The normalized spacial score (nSPS) is 22.8. The lowest BCUT2D eigenvalue weighted by Crippen LogP contribution is -2.49. The molecule has 0 saturated heterocycles. The Balaban J connectivity index is 1.90. The number of allylic oxidation sites excluding steroid dienone is 1. The molecule has 1 aliphatic carbocycles. The zero-order valence-corrected chi connectivity index (χ0v) is 24.1. The van der Waals surface area contributed by atoms with E-state index in [1.54, 1.807) is 0 Å². The second-order valence-electron chi connectivity index (χ2n) is 12.4. The van der Waals surface area contributed by atoms with Crippen molar-refractivity contribution in [2.75, 3.05) is 12.3 Å². The first-order valence-electron chi connectivity index (χ1n) is 12.0. The lowest BCUT2D eigenvalue weighted by Gasteiger charge is -2.44. The average molecular weight is 490 g/mol. The molecular weight excluding hydrogens is 446 g/mol. The number of nitrogens with two attached hydrogens (primary N) is 1. The van der Waals surface area contributed by atoms with Gasteiger partial charge in [-0.2, -0.15) is 0 Å². The molecule has 2 heterocycles. The van der Waals surface area contributed by atoms with Crippen LogP contribution in [0, 0.1) is 5.92 Å². The molecule has 1 aliphatic rings. The third kappa shape index (κ3) is 5.41. The van der Waals surface area contributed by atoms with Crippen LogP contribution in [0.5, 0.6) is 0 Å². The van der Waals surface area contributed by atoms with Gasteiger partial charge in [0.2, 0.25) is 0 Å². The second-order valence-corrected chi connectivity index (χ2v) is 22.0. The predicted octanol–water partition coefficient (Wildman–Crippen LogP) is 5.94. The highest BCUT2D eigenvalue weighted by atomic mass is 28.4. The van der Waals surface area contributed by atoms with E-state index in [-0.39, 0.29) is 28.1 Å². The van der Waals surface area contributed by atoms with Crippen LogP contribution in [0.4, 0.5) is 5.82 Å². The standard InChI is InChI=1S/C24H43N5O2Si2/c1-23(2,3)32(7,8)30-14-17-11-12-18(13-19(17)31-33(9,10)24(4,5)6)29-16-28-20-21(25)26-15-27-22(20)29/h11-12,15-19H,13-14H2,1-10H3,(H2,25,26,27)/t17-,18-,19+/m1/s1. The SMILES string of the molecule is CC(C)(C)[Si](C)(C)OC[C@H]1C=C[C@@H](n2cnc3c(N)ncnc32)C[C@@H]1O[Si](C)(C)C(C)(C)C. The molecule has 2 aromatic rings. The van der Waals surface area contributed by atoms with E-state index in [9.17, 15) is 0 Å². The van der Waals surface area contributed by atoms with Crippen molar-refractivity contribution in [1.82, 2.24) is 19.5 Å². The summed E-state index contributed by atoms with van der Waals surface area (Å²) in [4.78, 5) is 13.0. The van der Waals surface area contributed by atoms with Gasteiger partial charge < -0.3 is 19.2 Å². The maximum Gasteiger partial charge on any atom is 0.192 e. The Morgan fingerprint density at radius 1 is 0.970 bits per heavy atom. The number of fused-ring (bicyclic) bond motifs is 1. The van der Waals surface area contributed by atoms with Crippen molar-refractivity contribution < 1.29 is 8.85 Å². The first-order chi connectivity index (χ1) is 15.0. The summed E-state index contributed by atoms with van der Waals surface area (Å²) < 4.78 is 15.7. The molecule has 33 heavy (non-hydrogen) atoms. The predicted molar refractivity (Wildman–Crippen MR) is 141 cm³/mol. The summed E-state index contributed by atoms with van der Waals surface area (Å²) in [6.45, 7) is 23.7. The van der Waals surface area contributed by atoms with Crippen molar-refractivity contribution in [3.8, 4) is 0 Å². The van der Waals surface area contributed by atoms with E-state index in [2.05, 4.69) is 99.4 Å². The van der Waals surface area contributed by atoms with Crippen molar-refractivity contribution >= 4 is 33.6 Å². The number of hydrogen-bond donors (Lipinski definition) is 1. The molecule has 0 spiro atoms. The van der Waals surface area contributed by atoms with Crippen molar-refractivity contribution in [3.63, 3.8) is 0 Å². The maximum absolute atomic E-state index is 7.00.